The molecule has 2 rings (SSSR count). The summed E-state index contributed by atoms with van der Waals surface area (Å²) in [5.74, 6) is 1.30. The topological polar surface area (TPSA) is 17.1 Å². The molecule has 0 radical (unpaired) electrons. The van der Waals surface area contributed by atoms with Gasteiger partial charge in [-0.05, 0) is 49.1 Å². The summed E-state index contributed by atoms with van der Waals surface area (Å²) in [4.78, 5) is 11.2. The van der Waals surface area contributed by atoms with Crippen LogP contribution in [0.15, 0.2) is 24.3 Å². The van der Waals surface area contributed by atoms with E-state index in [0.717, 1.165) is 38.0 Å². The molecule has 0 atom stereocenters. The van der Waals surface area contributed by atoms with Gasteiger partial charge in [0.05, 0.1) is 0 Å². The molecule has 1 saturated carbocycles. The Balaban J connectivity index is 1.62. The van der Waals surface area contributed by atoms with Gasteiger partial charge in [0.2, 0.25) is 0 Å². The summed E-state index contributed by atoms with van der Waals surface area (Å²) in [6, 6.07) is 9.06. The Morgan fingerprint density at radius 1 is 1.00 bits per heavy atom. The first-order valence-electron chi connectivity index (χ1n) is 7.87. The van der Waals surface area contributed by atoms with Gasteiger partial charge in [-0.3, -0.25) is 4.79 Å². The average molecular weight is 258 g/mol. The minimum Gasteiger partial charge on any atom is -0.300 e. The Labute approximate surface area is 117 Å². The molecule has 0 amide bonds. The van der Waals surface area contributed by atoms with E-state index in [2.05, 4.69) is 31.2 Å². The largest absolute Gasteiger partial charge is 0.300 e. The second-order valence-corrected chi connectivity index (χ2v) is 5.90. The first kappa shape index (κ1) is 14.3. The van der Waals surface area contributed by atoms with Crippen LogP contribution in [0.5, 0.6) is 0 Å². The molecule has 19 heavy (non-hydrogen) atoms. The van der Waals surface area contributed by atoms with E-state index >= 15 is 0 Å². The van der Waals surface area contributed by atoms with Crippen LogP contribution in [0.25, 0.3) is 0 Å². The Morgan fingerprint density at radius 3 is 2.26 bits per heavy atom. The fourth-order valence-electron chi connectivity index (χ4n) is 2.99. The quantitative estimate of drug-likeness (QED) is 0.675. The van der Waals surface area contributed by atoms with Gasteiger partial charge in [0.1, 0.15) is 5.78 Å². The molecule has 104 valence electrons. The Hall–Kier alpha value is -1.11. The fraction of sp³-hybridized carbons (Fsp3) is 0.611. The summed E-state index contributed by atoms with van der Waals surface area (Å²) < 4.78 is 0. The van der Waals surface area contributed by atoms with E-state index in [1.807, 2.05) is 0 Å². The van der Waals surface area contributed by atoms with Gasteiger partial charge in [-0.15, -0.1) is 0 Å². The number of unbranched alkanes of at least 4 members (excludes halogenated alkanes) is 1. The summed E-state index contributed by atoms with van der Waals surface area (Å²) in [6.45, 7) is 2.20. The maximum absolute atomic E-state index is 11.2. The van der Waals surface area contributed by atoms with E-state index in [-0.39, 0.29) is 0 Å². The fourth-order valence-corrected chi connectivity index (χ4v) is 2.99. The van der Waals surface area contributed by atoms with Gasteiger partial charge in [0.15, 0.2) is 0 Å². The maximum atomic E-state index is 11.2. The van der Waals surface area contributed by atoms with Crippen LogP contribution in [-0.2, 0) is 17.6 Å². The molecule has 0 N–H and O–H groups in total. The molecule has 0 saturated heterocycles. The SMILES string of the molecule is CCc1ccc(CCCCC2CCC(=O)CC2)cc1. The normalized spacial score (nSPS) is 16.8. The lowest BCUT2D eigenvalue weighted by molar-refractivity contribution is -0.121. The highest BCUT2D eigenvalue weighted by Gasteiger charge is 2.17. The van der Waals surface area contributed by atoms with Crippen molar-refractivity contribution in [1.29, 1.82) is 0 Å². The van der Waals surface area contributed by atoms with E-state index in [0.29, 0.717) is 5.78 Å². The van der Waals surface area contributed by atoms with Crippen LogP contribution in [-0.4, -0.2) is 5.78 Å². The molecule has 1 aliphatic carbocycles. The molecule has 0 heterocycles. The summed E-state index contributed by atoms with van der Waals surface area (Å²) in [5, 5.41) is 0. The van der Waals surface area contributed by atoms with Crippen molar-refractivity contribution >= 4 is 5.78 Å². The summed E-state index contributed by atoms with van der Waals surface area (Å²) in [6.07, 6.45) is 10.2. The average Bonchev–Trinajstić information content (AvgIpc) is 2.46. The molecule has 1 aliphatic rings. The van der Waals surface area contributed by atoms with Crippen LogP contribution >= 0.6 is 0 Å². The standard InChI is InChI=1S/C18H26O/c1-2-15-7-9-16(10-8-15)5-3-4-6-17-11-13-18(19)14-12-17/h7-10,17H,2-6,11-14H2,1H3. The molecule has 1 nitrogen and oxygen atoms in total. The van der Waals surface area contributed by atoms with Crippen molar-refractivity contribution in [2.24, 2.45) is 5.92 Å². The smallest absolute Gasteiger partial charge is 0.132 e. The Bertz CT molecular complexity index is 381. The lowest BCUT2D eigenvalue weighted by atomic mass is 9.85. The third-order valence-corrected chi connectivity index (χ3v) is 4.42. The van der Waals surface area contributed by atoms with Gasteiger partial charge in [0, 0.05) is 12.8 Å². The third kappa shape index (κ3) is 4.81. The maximum Gasteiger partial charge on any atom is 0.132 e. The van der Waals surface area contributed by atoms with Crippen molar-refractivity contribution < 1.29 is 4.79 Å². The zero-order valence-corrected chi connectivity index (χ0v) is 12.2. The minimum atomic E-state index is 0.479. The summed E-state index contributed by atoms with van der Waals surface area (Å²) in [5.41, 5.74) is 2.90. The van der Waals surface area contributed by atoms with Crippen molar-refractivity contribution in [3.8, 4) is 0 Å². The number of Topliss-reactive ketones (excluding diaryl/α,β-unsaturated/α-hetero) is 1. The lowest BCUT2D eigenvalue weighted by Crippen LogP contribution is -2.13. The summed E-state index contributed by atoms with van der Waals surface area (Å²) >= 11 is 0. The zero-order chi connectivity index (χ0) is 13.5. The van der Waals surface area contributed by atoms with Crippen LogP contribution in [0, 0.1) is 5.92 Å². The van der Waals surface area contributed by atoms with Crippen LogP contribution in [0.3, 0.4) is 0 Å². The number of carbonyl (C=O) groups excluding carboxylic acids is 1. The molecule has 0 aliphatic heterocycles. The summed E-state index contributed by atoms with van der Waals surface area (Å²) in [7, 11) is 0. The number of hydrogen-bond donors (Lipinski definition) is 0. The van der Waals surface area contributed by atoms with E-state index in [1.165, 1.54) is 36.8 Å². The van der Waals surface area contributed by atoms with Gasteiger partial charge in [0.25, 0.3) is 0 Å². The monoisotopic (exact) mass is 258 g/mol. The molecule has 1 heteroatoms. The number of hydrogen-bond acceptors (Lipinski definition) is 1. The number of aryl methyl sites for hydroxylation is 2. The minimum absolute atomic E-state index is 0.479. The highest BCUT2D eigenvalue weighted by molar-refractivity contribution is 5.78. The molecule has 0 spiro atoms. The first-order valence-corrected chi connectivity index (χ1v) is 7.87. The molecule has 0 aromatic heterocycles. The van der Waals surface area contributed by atoms with Crippen molar-refractivity contribution in [3.63, 3.8) is 0 Å². The molecule has 0 unspecified atom stereocenters. The van der Waals surface area contributed by atoms with E-state index in [9.17, 15) is 4.79 Å². The molecule has 1 fully saturated rings. The van der Waals surface area contributed by atoms with Crippen molar-refractivity contribution in [2.45, 2.75) is 64.7 Å². The molecule has 0 bridgehead atoms. The van der Waals surface area contributed by atoms with Crippen molar-refractivity contribution in [3.05, 3.63) is 35.4 Å². The van der Waals surface area contributed by atoms with Gasteiger partial charge in [-0.25, -0.2) is 0 Å². The van der Waals surface area contributed by atoms with Crippen molar-refractivity contribution in [2.75, 3.05) is 0 Å². The van der Waals surface area contributed by atoms with Crippen LogP contribution in [0.1, 0.15) is 63.0 Å². The number of carbonyl (C=O) groups is 1. The van der Waals surface area contributed by atoms with Gasteiger partial charge >= 0.3 is 0 Å². The van der Waals surface area contributed by atoms with Crippen LogP contribution in [0.4, 0.5) is 0 Å². The van der Waals surface area contributed by atoms with Gasteiger partial charge in [-0.2, -0.15) is 0 Å². The van der Waals surface area contributed by atoms with E-state index < -0.39 is 0 Å². The van der Waals surface area contributed by atoms with Crippen molar-refractivity contribution in [1.82, 2.24) is 0 Å². The zero-order valence-electron chi connectivity index (χ0n) is 12.2. The Morgan fingerprint density at radius 2 is 1.63 bits per heavy atom. The van der Waals surface area contributed by atoms with Crippen LogP contribution < -0.4 is 0 Å². The predicted molar refractivity (Wildman–Crippen MR) is 80.3 cm³/mol. The Kier molecular flexibility index (Phi) is 5.62. The van der Waals surface area contributed by atoms with E-state index in [1.54, 1.807) is 0 Å². The number of ketones is 1. The second-order valence-electron chi connectivity index (χ2n) is 5.90. The van der Waals surface area contributed by atoms with Gasteiger partial charge < -0.3 is 0 Å². The van der Waals surface area contributed by atoms with Crippen LogP contribution in [0.2, 0.25) is 0 Å². The third-order valence-electron chi connectivity index (χ3n) is 4.42. The van der Waals surface area contributed by atoms with Gasteiger partial charge in [-0.1, -0.05) is 44.0 Å². The first-order chi connectivity index (χ1) is 9.28. The molecule has 1 aromatic rings. The molecular formula is C18H26O. The number of benzene rings is 1. The molecule has 1 aromatic carbocycles. The molecular weight excluding hydrogens is 232 g/mol. The van der Waals surface area contributed by atoms with E-state index in [4.69, 9.17) is 0 Å². The highest BCUT2D eigenvalue weighted by Crippen LogP contribution is 2.26. The lowest BCUT2D eigenvalue weighted by Gasteiger charge is -2.20. The highest BCUT2D eigenvalue weighted by atomic mass is 16.1. The predicted octanol–water partition coefficient (Wildman–Crippen LogP) is 4.72. The number of rotatable bonds is 6. The second kappa shape index (κ2) is 7.47.